The molecule has 2 aliphatic rings. The largest absolute Gasteiger partial charge is 0.481 e. The third-order valence-corrected chi connectivity index (χ3v) is 4.09. The Labute approximate surface area is 87.0 Å². The number of rotatable bonds is 2. The third kappa shape index (κ3) is 1.01. The molecule has 2 saturated heterocycles. The standard InChI is InChI=1S/C10H14O5/c1-8(6(11)12)5-10(7(13)14)4-3-9(8,2)15-10/h3-5H2,1-2H3,(H,11,12)(H,13,14). The van der Waals surface area contributed by atoms with Crippen LogP contribution in [-0.4, -0.2) is 33.4 Å². The van der Waals surface area contributed by atoms with Crippen molar-refractivity contribution >= 4 is 11.9 Å². The maximum absolute atomic E-state index is 11.2. The normalized spacial score (nSPS) is 48.1. The molecule has 15 heavy (non-hydrogen) atoms. The summed E-state index contributed by atoms with van der Waals surface area (Å²) in [5, 5.41) is 18.3. The molecule has 2 heterocycles. The Morgan fingerprint density at radius 1 is 1.13 bits per heavy atom. The van der Waals surface area contributed by atoms with E-state index in [1.54, 1.807) is 13.8 Å². The lowest BCUT2D eigenvalue weighted by Gasteiger charge is -2.35. The molecule has 0 aliphatic carbocycles. The van der Waals surface area contributed by atoms with Gasteiger partial charge in [0.05, 0.1) is 11.0 Å². The quantitative estimate of drug-likeness (QED) is 0.712. The van der Waals surface area contributed by atoms with Crippen LogP contribution in [0.3, 0.4) is 0 Å². The average Bonchev–Trinajstić information content (AvgIpc) is 2.55. The molecule has 2 bridgehead atoms. The molecule has 0 aromatic rings. The maximum atomic E-state index is 11.2. The minimum absolute atomic E-state index is 0.0567. The van der Waals surface area contributed by atoms with Crippen LogP contribution in [-0.2, 0) is 14.3 Å². The average molecular weight is 214 g/mol. The molecule has 0 amide bonds. The fraction of sp³-hybridized carbons (Fsp3) is 0.800. The van der Waals surface area contributed by atoms with Crippen molar-refractivity contribution in [3.05, 3.63) is 0 Å². The minimum atomic E-state index is -1.28. The van der Waals surface area contributed by atoms with Gasteiger partial charge in [-0.15, -0.1) is 0 Å². The minimum Gasteiger partial charge on any atom is -0.481 e. The summed E-state index contributed by atoms with van der Waals surface area (Å²) in [7, 11) is 0. The number of carboxylic acid groups (broad SMARTS) is 2. The number of carboxylic acids is 2. The highest BCUT2D eigenvalue weighted by Crippen LogP contribution is 2.60. The predicted octanol–water partition coefficient (Wildman–Crippen LogP) is 0.873. The highest BCUT2D eigenvalue weighted by Gasteiger charge is 2.71. The molecule has 0 aromatic carbocycles. The van der Waals surface area contributed by atoms with E-state index in [1.165, 1.54) is 0 Å². The first-order chi connectivity index (χ1) is 6.76. The molecular weight excluding hydrogens is 200 g/mol. The smallest absolute Gasteiger partial charge is 0.336 e. The van der Waals surface area contributed by atoms with Crippen molar-refractivity contribution in [2.45, 2.75) is 44.3 Å². The molecule has 5 heteroatoms. The first-order valence-electron chi connectivity index (χ1n) is 4.93. The van der Waals surface area contributed by atoms with Crippen LogP contribution < -0.4 is 0 Å². The van der Waals surface area contributed by atoms with Crippen molar-refractivity contribution in [1.29, 1.82) is 0 Å². The zero-order chi connectivity index (χ0) is 11.5. The van der Waals surface area contributed by atoms with Crippen LogP contribution in [0.5, 0.6) is 0 Å². The molecular formula is C10H14O5. The van der Waals surface area contributed by atoms with E-state index >= 15 is 0 Å². The Balaban J connectivity index is 2.44. The second kappa shape index (κ2) is 2.52. The van der Waals surface area contributed by atoms with E-state index in [-0.39, 0.29) is 6.42 Å². The number of aliphatic carboxylic acids is 2. The Hall–Kier alpha value is -1.10. The molecule has 0 radical (unpaired) electrons. The summed E-state index contributed by atoms with van der Waals surface area (Å²) in [5.41, 5.74) is -3.22. The van der Waals surface area contributed by atoms with Gasteiger partial charge in [0.25, 0.3) is 0 Å². The summed E-state index contributed by atoms with van der Waals surface area (Å²) >= 11 is 0. The van der Waals surface area contributed by atoms with Crippen molar-refractivity contribution < 1.29 is 24.5 Å². The van der Waals surface area contributed by atoms with Gasteiger partial charge in [-0.3, -0.25) is 4.79 Å². The van der Waals surface area contributed by atoms with Crippen LogP contribution in [0, 0.1) is 5.41 Å². The fourth-order valence-electron chi connectivity index (χ4n) is 2.77. The Morgan fingerprint density at radius 2 is 1.73 bits per heavy atom. The topological polar surface area (TPSA) is 83.8 Å². The van der Waals surface area contributed by atoms with Gasteiger partial charge in [0.1, 0.15) is 0 Å². The number of carbonyl (C=O) groups is 2. The van der Waals surface area contributed by atoms with E-state index in [0.29, 0.717) is 12.8 Å². The zero-order valence-electron chi connectivity index (χ0n) is 8.74. The van der Waals surface area contributed by atoms with E-state index in [2.05, 4.69) is 0 Å². The molecule has 2 fully saturated rings. The number of hydrogen-bond acceptors (Lipinski definition) is 3. The molecule has 2 aliphatic heterocycles. The van der Waals surface area contributed by atoms with Gasteiger partial charge in [-0.2, -0.15) is 0 Å². The second-order valence-corrected chi connectivity index (χ2v) is 4.95. The lowest BCUT2D eigenvalue weighted by molar-refractivity contribution is -0.165. The fourth-order valence-corrected chi connectivity index (χ4v) is 2.77. The summed E-state index contributed by atoms with van der Waals surface area (Å²) in [6, 6.07) is 0. The van der Waals surface area contributed by atoms with Gasteiger partial charge < -0.3 is 14.9 Å². The molecule has 2 N–H and O–H groups in total. The van der Waals surface area contributed by atoms with Gasteiger partial charge >= 0.3 is 11.9 Å². The van der Waals surface area contributed by atoms with Gasteiger partial charge in [-0.1, -0.05) is 0 Å². The lowest BCUT2D eigenvalue weighted by Crippen LogP contribution is -2.47. The summed E-state index contributed by atoms with van der Waals surface area (Å²) in [6.07, 6.45) is 0.949. The summed E-state index contributed by atoms with van der Waals surface area (Å²) in [6.45, 7) is 3.26. The first kappa shape index (κ1) is 10.4. The molecule has 0 aromatic heterocycles. The molecule has 3 unspecified atom stereocenters. The third-order valence-electron chi connectivity index (χ3n) is 4.09. The molecule has 84 valence electrons. The Bertz CT molecular complexity index is 352. The van der Waals surface area contributed by atoms with Crippen molar-refractivity contribution in [3.63, 3.8) is 0 Å². The van der Waals surface area contributed by atoms with E-state index in [9.17, 15) is 14.7 Å². The highest BCUT2D eigenvalue weighted by atomic mass is 16.6. The summed E-state index contributed by atoms with van der Waals surface area (Å²) in [5.74, 6) is -2.02. The van der Waals surface area contributed by atoms with Crippen molar-refractivity contribution in [2.75, 3.05) is 0 Å². The van der Waals surface area contributed by atoms with Crippen LogP contribution in [0.2, 0.25) is 0 Å². The zero-order valence-corrected chi connectivity index (χ0v) is 8.74. The Kier molecular flexibility index (Phi) is 1.75. The predicted molar refractivity (Wildman–Crippen MR) is 49.5 cm³/mol. The first-order valence-corrected chi connectivity index (χ1v) is 4.93. The highest BCUT2D eigenvalue weighted by molar-refractivity contribution is 5.84. The number of ether oxygens (including phenoxy) is 1. The molecule has 5 nitrogen and oxygen atoms in total. The monoisotopic (exact) mass is 214 g/mol. The van der Waals surface area contributed by atoms with Gasteiger partial charge in [0.15, 0.2) is 5.60 Å². The van der Waals surface area contributed by atoms with Crippen LogP contribution in [0.25, 0.3) is 0 Å². The van der Waals surface area contributed by atoms with E-state index in [1.807, 2.05) is 0 Å². The van der Waals surface area contributed by atoms with Gasteiger partial charge in [0.2, 0.25) is 0 Å². The number of hydrogen-bond donors (Lipinski definition) is 2. The molecule has 0 spiro atoms. The number of fused-ring (bicyclic) bond motifs is 2. The van der Waals surface area contributed by atoms with Gasteiger partial charge in [-0.25, -0.2) is 4.79 Å². The van der Waals surface area contributed by atoms with Crippen LogP contribution in [0.15, 0.2) is 0 Å². The van der Waals surface area contributed by atoms with E-state index < -0.39 is 28.6 Å². The second-order valence-electron chi connectivity index (χ2n) is 4.95. The van der Waals surface area contributed by atoms with Crippen LogP contribution >= 0.6 is 0 Å². The van der Waals surface area contributed by atoms with Crippen molar-refractivity contribution in [2.24, 2.45) is 5.41 Å². The lowest BCUT2D eigenvalue weighted by atomic mass is 9.64. The van der Waals surface area contributed by atoms with Crippen LogP contribution in [0.1, 0.15) is 33.1 Å². The summed E-state index contributed by atoms with van der Waals surface area (Å²) in [4.78, 5) is 22.3. The van der Waals surface area contributed by atoms with E-state index in [4.69, 9.17) is 9.84 Å². The van der Waals surface area contributed by atoms with Crippen LogP contribution in [0.4, 0.5) is 0 Å². The Morgan fingerprint density at radius 3 is 2.07 bits per heavy atom. The van der Waals surface area contributed by atoms with E-state index in [0.717, 1.165) is 0 Å². The SMILES string of the molecule is CC12CCC(C(=O)O)(CC1(C)C(=O)O)O2. The molecule has 0 saturated carbocycles. The maximum Gasteiger partial charge on any atom is 0.336 e. The van der Waals surface area contributed by atoms with Gasteiger partial charge in [0, 0.05) is 6.42 Å². The van der Waals surface area contributed by atoms with Gasteiger partial charge in [-0.05, 0) is 26.7 Å². The van der Waals surface area contributed by atoms with Crippen molar-refractivity contribution in [3.8, 4) is 0 Å². The van der Waals surface area contributed by atoms with Crippen molar-refractivity contribution in [1.82, 2.24) is 0 Å². The molecule has 3 atom stereocenters. The molecule has 2 rings (SSSR count). The summed E-state index contributed by atoms with van der Waals surface area (Å²) < 4.78 is 5.51.